The molecule has 3 aliphatic rings. The van der Waals surface area contributed by atoms with Crippen LogP contribution in [0.1, 0.15) is 56.3 Å². The summed E-state index contributed by atoms with van der Waals surface area (Å²) >= 11 is 10.7. The number of hydrogen-bond acceptors (Lipinski definition) is 6. The summed E-state index contributed by atoms with van der Waals surface area (Å²) < 4.78 is 4.73. The van der Waals surface area contributed by atoms with Gasteiger partial charge in [0.1, 0.15) is 0 Å². The highest BCUT2D eigenvalue weighted by Gasteiger charge is 2.35. The first-order valence-corrected chi connectivity index (χ1v) is 10.8. The number of nitrogens with one attached hydrogen (secondary N) is 1. The summed E-state index contributed by atoms with van der Waals surface area (Å²) in [6, 6.07) is 13.3. The quantitative estimate of drug-likeness (QED) is 0.370. The van der Waals surface area contributed by atoms with E-state index in [0.29, 0.717) is 34.2 Å². The summed E-state index contributed by atoms with van der Waals surface area (Å²) in [4.78, 5) is 46.5. The van der Waals surface area contributed by atoms with Crippen LogP contribution in [0.15, 0.2) is 48.5 Å². The number of hydrogen-bond donors (Lipinski definition) is 2. The van der Waals surface area contributed by atoms with Crippen molar-refractivity contribution in [2.45, 2.75) is 27.1 Å². The van der Waals surface area contributed by atoms with Gasteiger partial charge in [0.2, 0.25) is 0 Å². The molecule has 3 heterocycles. The van der Waals surface area contributed by atoms with Gasteiger partial charge in [-0.2, -0.15) is 0 Å². The highest BCUT2D eigenvalue weighted by molar-refractivity contribution is 6.22. The number of benzene rings is 2. The van der Waals surface area contributed by atoms with E-state index in [-0.39, 0.29) is 50.9 Å². The Morgan fingerprint density at radius 3 is 1.62 bits per heavy atom. The molecule has 2 aromatic rings. The number of carbonyl (C=O) groups is 4. The minimum atomic E-state index is -0.885. The summed E-state index contributed by atoms with van der Waals surface area (Å²) in [6.07, 6.45) is -0.486. The van der Waals surface area contributed by atoms with Crippen molar-refractivity contribution in [2.75, 3.05) is 24.9 Å². The van der Waals surface area contributed by atoms with Crippen LogP contribution < -0.4 is 5.32 Å². The van der Waals surface area contributed by atoms with E-state index in [9.17, 15) is 24.3 Å². The molecule has 8 nitrogen and oxygen atoms in total. The second kappa shape index (κ2) is 13.2. The molecular weight excluding hydrogens is 483 g/mol. The Balaban J connectivity index is 0.000000279. The Hall–Kier alpha value is -2.78. The molecule has 10 heteroatoms. The number of nitrogens with zero attached hydrogens (tertiary/aromatic N) is 1. The van der Waals surface area contributed by atoms with Crippen LogP contribution in [0.5, 0.6) is 0 Å². The Morgan fingerprint density at radius 2 is 1.29 bits per heavy atom. The molecule has 0 aliphatic carbocycles. The lowest BCUT2D eigenvalue weighted by Crippen LogP contribution is -2.37. The largest absolute Gasteiger partial charge is 0.390 e. The number of ether oxygens (including phenoxy) is 1. The monoisotopic (exact) mass is 510 g/mol. The van der Waals surface area contributed by atoms with Gasteiger partial charge in [-0.25, -0.2) is 0 Å². The van der Waals surface area contributed by atoms with E-state index in [1.54, 1.807) is 48.5 Å². The molecule has 2 N–H and O–H groups in total. The second-order valence-corrected chi connectivity index (χ2v) is 7.63. The summed E-state index contributed by atoms with van der Waals surface area (Å²) in [6.45, 7) is 0.819. The van der Waals surface area contributed by atoms with Gasteiger partial charge in [-0.3, -0.25) is 29.4 Å². The number of carbonyl (C=O) groups excluding carboxylic acids is 4. The number of fused-ring (bicyclic) bond motifs is 2. The lowest BCUT2D eigenvalue weighted by atomic mass is 10.1. The molecule has 0 unspecified atom stereocenters. The fourth-order valence-corrected chi connectivity index (χ4v) is 3.21. The molecular formula is C24H28Cl2N2O6. The van der Waals surface area contributed by atoms with Crippen LogP contribution >= 0.6 is 23.2 Å². The van der Waals surface area contributed by atoms with Crippen molar-refractivity contribution in [3.05, 3.63) is 70.8 Å². The van der Waals surface area contributed by atoms with Crippen molar-refractivity contribution < 1.29 is 29.0 Å². The third-order valence-corrected chi connectivity index (χ3v) is 5.37. The van der Waals surface area contributed by atoms with E-state index >= 15 is 0 Å². The van der Waals surface area contributed by atoms with Crippen LogP contribution in [0.2, 0.25) is 0 Å². The number of aliphatic hydroxyl groups is 1. The first-order chi connectivity index (χ1) is 15.4. The van der Waals surface area contributed by atoms with Gasteiger partial charge in [0.25, 0.3) is 23.6 Å². The molecule has 5 rings (SSSR count). The predicted octanol–water partition coefficient (Wildman–Crippen LogP) is 3.35. The van der Waals surface area contributed by atoms with E-state index in [2.05, 4.69) is 5.32 Å². The number of halogens is 2. The number of amides is 4. The third-order valence-electron chi connectivity index (χ3n) is 4.67. The minimum absolute atomic E-state index is 0. The van der Waals surface area contributed by atoms with E-state index in [4.69, 9.17) is 27.9 Å². The van der Waals surface area contributed by atoms with E-state index in [0.717, 1.165) is 11.5 Å². The molecule has 34 heavy (non-hydrogen) atoms. The van der Waals surface area contributed by atoms with Crippen LogP contribution in [-0.4, -0.2) is 70.8 Å². The Kier molecular flexibility index (Phi) is 11.4. The van der Waals surface area contributed by atoms with Gasteiger partial charge in [-0.1, -0.05) is 39.1 Å². The van der Waals surface area contributed by atoms with Crippen molar-refractivity contribution in [3.8, 4) is 0 Å². The lowest BCUT2D eigenvalue weighted by molar-refractivity contribution is 0.0566. The maximum absolute atomic E-state index is 11.8. The van der Waals surface area contributed by atoms with Crippen molar-refractivity contribution in [1.29, 1.82) is 0 Å². The van der Waals surface area contributed by atoms with Crippen molar-refractivity contribution in [2.24, 2.45) is 0 Å². The molecule has 4 amide bonds. The number of aliphatic hydroxyl groups excluding tert-OH is 1. The summed E-state index contributed by atoms with van der Waals surface area (Å²) in [5, 5.41) is 11.6. The van der Waals surface area contributed by atoms with Crippen LogP contribution in [-0.2, 0) is 4.74 Å². The molecule has 0 aromatic heterocycles. The minimum Gasteiger partial charge on any atom is -0.390 e. The summed E-state index contributed by atoms with van der Waals surface area (Å²) in [5.41, 5.74) is 1.71. The fourth-order valence-electron chi connectivity index (χ4n) is 2.94. The lowest BCUT2D eigenvalue weighted by Gasteiger charge is -2.16. The number of β-amino-alcohol motifs (C(OH)–C–C–N with tert-alkyl or cyclic N) is 1. The molecule has 0 bridgehead atoms. The van der Waals surface area contributed by atoms with Crippen LogP contribution in [0.4, 0.5) is 0 Å². The molecule has 0 saturated carbocycles. The predicted molar refractivity (Wildman–Crippen MR) is 131 cm³/mol. The SMILES string of the molecule is C.C.ClC[C@H]1CO1.O=C1NC(=O)c2ccccc21.O=C1c2ccccc2C(=O)N1C[C@H](O)CCl. The molecule has 2 aromatic carbocycles. The molecule has 3 aliphatic heterocycles. The van der Waals surface area contributed by atoms with Crippen molar-refractivity contribution >= 4 is 46.8 Å². The topological polar surface area (TPSA) is 116 Å². The van der Waals surface area contributed by atoms with Crippen LogP contribution in [0, 0.1) is 0 Å². The highest BCUT2D eigenvalue weighted by atomic mass is 35.5. The maximum atomic E-state index is 11.8. The molecule has 184 valence electrons. The average molecular weight is 511 g/mol. The summed E-state index contributed by atoms with van der Waals surface area (Å²) in [5.74, 6) is -0.682. The molecule has 0 radical (unpaired) electrons. The highest BCUT2D eigenvalue weighted by Crippen LogP contribution is 2.22. The maximum Gasteiger partial charge on any atom is 0.261 e. The zero-order valence-corrected chi connectivity index (χ0v) is 18.3. The second-order valence-electron chi connectivity index (χ2n) is 7.01. The first-order valence-electron chi connectivity index (χ1n) is 9.68. The number of alkyl halides is 2. The zero-order valence-electron chi connectivity index (χ0n) is 16.8. The van der Waals surface area contributed by atoms with Gasteiger partial charge in [0.15, 0.2) is 0 Å². The smallest absolute Gasteiger partial charge is 0.261 e. The number of imide groups is 2. The van der Waals surface area contributed by atoms with Crippen LogP contribution in [0.25, 0.3) is 0 Å². The van der Waals surface area contributed by atoms with E-state index < -0.39 is 6.10 Å². The standard InChI is InChI=1S/C11H10ClNO3.C8H5NO2.C3H5ClO.2CH4/c12-5-7(14)6-13-10(15)8-3-1-2-4-9(8)11(13)16;10-7-5-3-1-2-4-6(5)8(11)9-7;4-1-3-2-5-3;;/h1-4,7,14H,5-6H2;1-4H,(H,9,10,11);3H,1-2H2;2*1H4/t7-;;3-;;/m1.0../s1. The molecule has 1 fully saturated rings. The Labute approximate surface area is 208 Å². The van der Waals surface area contributed by atoms with Gasteiger partial charge in [0, 0.05) is 0 Å². The number of rotatable bonds is 4. The van der Waals surface area contributed by atoms with Gasteiger partial charge in [0.05, 0.1) is 59.4 Å². The molecule has 0 spiro atoms. The number of epoxide rings is 1. The summed E-state index contributed by atoms with van der Waals surface area (Å²) in [7, 11) is 0. The van der Waals surface area contributed by atoms with Gasteiger partial charge < -0.3 is 9.84 Å². The van der Waals surface area contributed by atoms with E-state index in [1.165, 1.54) is 0 Å². The van der Waals surface area contributed by atoms with E-state index in [1.807, 2.05) is 0 Å². The van der Waals surface area contributed by atoms with Crippen molar-refractivity contribution in [3.63, 3.8) is 0 Å². The normalized spacial score (nSPS) is 17.5. The van der Waals surface area contributed by atoms with Crippen LogP contribution in [0.3, 0.4) is 0 Å². The zero-order chi connectivity index (χ0) is 23.3. The van der Waals surface area contributed by atoms with Crippen molar-refractivity contribution in [1.82, 2.24) is 10.2 Å². The molecule has 2 atom stereocenters. The Bertz CT molecular complexity index is 974. The molecule has 1 saturated heterocycles. The fraction of sp³-hybridized carbons (Fsp3) is 0.333. The third kappa shape index (κ3) is 6.87. The average Bonchev–Trinajstić information content (AvgIpc) is 3.58. The van der Waals surface area contributed by atoms with Gasteiger partial charge in [-0.15, -0.1) is 23.2 Å². The van der Waals surface area contributed by atoms with Gasteiger partial charge >= 0.3 is 0 Å². The Morgan fingerprint density at radius 1 is 0.882 bits per heavy atom. The van der Waals surface area contributed by atoms with Gasteiger partial charge in [-0.05, 0) is 24.3 Å². The first kappa shape index (κ1) is 29.3.